The molecule has 8 heteroatoms. The molecule has 8 nitrogen and oxygen atoms in total. The number of nitrogens with two attached hydrogens (primary N) is 1. The van der Waals surface area contributed by atoms with Gasteiger partial charge in [0.05, 0.1) is 24.4 Å². The Morgan fingerprint density at radius 2 is 1.97 bits per heavy atom. The van der Waals surface area contributed by atoms with Crippen molar-refractivity contribution in [3.8, 4) is 5.75 Å². The minimum absolute atomic E-state index is 0.000925. The second kappa shape index (κ2) is 8.43. The molecule has 0 saturated heterocycles. The first-order valence-corrected chi connectivity index (χ1v) is 10.1. The Hall–Kier alpha value is -3.94. The molecule has 158 valence electrons. The Labute approximate surface area is 179 Å². The summed E-state index contributed by atoms with van der Waals surface area (Å²) in [5.41, 5.74) is 9.71. The van der Waals surface area contributed by atoms with Crippen LogP contribution in [0.4, 0.5) is 5.82 Å². The van der Waals surface area contributed by atoms with Gasteiger partial charge in [-0.3, -0.25) is 4.79 Å². The number of para-hydroxylation sites is 2. The van der Waals surface area contributed by atoms with Crippen molar-refractivity contribution in [2.45, 2.75) is 26.3 Å². The van der Waals surface area contributed by atoms with Crippen LogP contribution in [0, 0.1) is 0 Å². The Bertz CT molecular complexity index is 1290. The monoisotopic (exact) mass is 416 g/mol. The molecule has 0 aliphatic heterocycles. The van der Waals surface area contributed by atoms with Crippen molar-refractivity contribution >= 4 is 40.1 Å². The zero-order chi connectivity index (χ0) is 22.0. The lowest BCUT2D eigenvalue weighted by molar-refractivity contribution is 0.0941. The van der Waals surface area contributed by atoms with Crippen LogP contribution < -0.4 is 15.8 Å². The quantitative estimate of drug-likeness (QED) is 0.467. The summed E-state index contributed by atoms with van der Waals surface area (Å²) in [7, 11) is 1.61. The average molecular weight is 416 g/mol. The summed E-state index contributed by atoms with van der Waals surface area (Å²) in [4.78, 5) is 22.4. The number of hydrogen-bond donors (Lipinski definition) is 2. The van der Waals surface area contributed by atoms with E-state index < -0.39 is 0 Å². The van der Waals surface area contributed by atoms with E-state index in [1.807, 2.05) is 62.4 Å². The maximum Gasteiger partial charge on any atom is 0.257 e. The van der Waals surface area contributed by atoms with Gasteiger partial charge in [0.1, 0.15) is 22.6 Å². The number of carbonyl (C=O) groups excluding carboxylic acids is 1. The molecule has 2 aromatic heterocycles. The third kappa shape index (κ3) is 3.92. The van der Waals surface area contributed by atoms with Crippen LogP contribution in [-0.2, 0) is 0 Å². The number of nitrogens with one attached hydrogen (secondary N) is 1. The summed E-state index contributed by atoms with van der Waals surface area (Å²) in [6, 6.07) is 14.9. The second-order valence-electron chi connectivity index (χ2n) is 7.26. The lowest BCUT2D eigenvalue weighted by Gasteiger charge is -2.11. The fourth-order valence-corrected chi connectivity index (χ4v) is 3.23. The summed E-state index contributed by atoms with van der Waals surface area (Å²) in [5, 5.41) is 7.48. The van der Waals surface area contributed by atoms with Gasteiger partial charge in [-0.2, -0.15) is 9.78 Å². The van der Waals surface area contributed by atoms with Gasteiger partial charge in [0.25, 0.3) is 5.91 Å². The number of carbonyl (C=O) groups is 1. The number of benzene rings is 2. The van der Waals surface area contributed by atoms with Gasteiger partial charge >= 0.3 is 0 Å². The number of fused-ring (bicyclic) bond motifs is 2. The van der Waals surface area contributed by atoms with Crippen molar-refractivity contribution in [2.24, 2.45) is 5.10 Å². The van der Waals surface area contributed by atoms with Crippen LogP contribution in [0.25, 0.3) is 22.2 Å². The Balaban J connectivity index is 1.89. The average Bonchev–Trinajstić information content (AvgIpc) is 3.06. The summed E-state index contributed by atoms with van der Waals surface area (Å²) in [6.07, 6.45) is 2.44. The molecule has 0 aliphatic carbocycles. The first-order valence-electron chi connectivity index (χ1n) is 10.1. The van der Waals surface area contributed by atoms with Crippen LogP contribution in [0.2, 0.25) is 0 Å². The van der Waals surface area contributed by atoms with E-state index >= 15 is 0 Å². The zero-order valence-corrected chi connectivity index (χ0v) is 17.7. The number of methoxy groups -OCH3 is 1. The van der Waals surface area contributed by atoms with Gasteiger partial charge in [-0.25, -0.2) is 9.97 Å². The fourth-order valence-electron chi connectivity index (χ4n) is 3.23. The Kier molecular flexibility index (Phi) is 5.53. The molecule has 4 aromatic rings. The molecule has 4 rings (SSSR count). The molecule has 0 aliphatic rings. The third-order valence-electron chi connectivity index (χ3n) is 5.11. The number of nitrogens with zero attached hydrogens (tertiary/aromatic N) is 4. The van der Waals surface area contributed by atoms with E-state index in [0.29, 0.717) is 27.9 Å². The lowest BCUT2D eigenvalue weighted by atomic mass is 10.2. The summed E-state index contributed by atoms with van der Waals surface area (Å²) < 4.78 is 6.72. The van der Waals surface area contributed by atoms with Gasteiger partial charge in [0, 0.05) is 6.04 Å². The normalized spacial score (nSPS) is 12.5. The van der Waals surface area contributed by atoms with Crippen molar-refractivity contribution in [3.63, 3.8) is 0 Å². The van der Waals surface area contributed by atoms with Gasteiger partial charge in [-0.05, 0) is 43.2 Å². The maximum atomic E-state index is 13.0. The first kappa shape index (κ1) is 20.3. The van der Waals surface area contributed by atoms with Gasteiger partial charge in [-0.1, -0.05) is 31.2 Å². The summed E-state index contributed by atoms with van der Waals surface area (Å²) >= 11 is 0. The van der Waals surface area contributed by atoms with E-state index in [9.17, 15) is 4.79 Å². The predicted octanol–water partition coefficient (Wildman–Crippen LogP) is 3.59. The predicted molar refractivity (Wildman–Crippen MR) is 123 cm³/mol. The number of aromatic nitrogens is 3. The molecule has 1 atom stereocenters. The maximum absolute atomic E-state index is 13.0. The Morgan fingerprint density at radius 1 is 1.23 bits per heavy atom. The highest BCUT2D eigenvalue weighted by Crippen LogP contribution is 2.28. The number of amides is 1. The van der Waals surface area contributed by atoms with Gasteiger partial charge in [-0.15, -0.1) is 0 Å². The van der Waals surface area contributed by atoms with E-state index in [4.69, 9.17) is 10.5 Å². The molecule has 31 heavy (non-hydrogen) atoms. The zero-order valence-electron chi connectivity index (χ0n) is 17.7. The minimum Gasteiger partial charge on any atom is -0.497 e. The van der Waals surface area contributed by atoms with E-state index in [2.05, 4.69) is 20.4 Å². The topological polar surface area (TPSA) is 107 Å². The molecule has 0 saturated carbocycles. The molecule has 0 spiro atoms. The highest BCUT2D eigenvalue weighted by atomic mass is 16.5. The standard InChI is InChI=1S/C23H24N6O2/c1-4-14(2)26-23(30)19-20-22(28-18-11-6-5-10-17(18)27-20)29(21(19)24)25-13-15-8-7-9-16(12-15)31-3/h5-14H,4,24H2,1-3H3,(H,26,30)/b25-13+. The highest BCUT2D eigenvalue weighted by molar-refractivity contribution is 6.10. The van der Waals surface area contributed by atoms with Crippen LogP contribution in [0.15, 0.2) is 53.6 Å². The van der Waals surface area contributed by atoms with Crippen LogP contribution in [0.1, 0.15) is 36.2 Å². The molecule has 0 bridgehead atoms. The molecule has 2 heterocycles. The number of nitrogen functional groups attached to an aromatic ring is 1. The van der Waals surface area contributed by atoms with E-state index in [-0.39, 0.29) is 23.3 Å². The molecule has 2 aromatic carbocycles. The third-order valence-corrected chi connectivity index (χ3v) is 5.11. The van der Waals surface area contributed by atoms with E-state index in [0.717, 1.165) is 12.0 Å². The SMILES string of the molecule is CCC(C)NC(=O)c1c(N)n(/N=C/c2cccc(OC)c2)c2nc3ccccc3nc12. The molecule has 1 unspecified atom stereocenters. The molecule has 1 amide bonds. The van der Waals surface area contributed by atoms with Crippen molar-refractivity contribution in [3.05, 3.63) is 59.7 Å². The number of rotatable bonds is 6. The van der Waals surface area contributed by atoms with E-state index in [1.165, 1.54) is 4.68 Å². The lowest BCUT2D eigenvalue weighted by Crippen LogP contribution is -2.32. The number of anilines is 1. The molecule has 0 radical (unpaired) electrons. The highest BCUT2D eigenvalue weighted by Gasteiger charge is 2.24. The Morgan fingerprint density at radius 3 is 2.68 bits per heavy atom. The first-order chi connectivity index (χ1) is 15.0. The van der Waals surface area contributed by atoms with Crippen LogP contribution in [-0.4, -0.2) is 39.9 Å². The summed E-state index contributed by atoms with van der Waals surface area (Å²) in [5.74, 6) is 0.607. The van der Waals surface area contributed by atoms with Gasteiger partial charge in [0.2, 0.25) is 0 Å². The largest absolute Gasteiger partial charge is 0.497 e. The van der Waals surface area contributed by atoms with Crippen molar-refractivity contribution in [2.75, 3.05) is 12.8 Å². The molecule has 0 fully saturated rings. The van der Waals surface area contributed by atoms with Crippen LogP contribution in [0.5, 0.6) is 5.75 Å². The number of hydrogen-bond acceptors (Lipinski definition) is 6. The molecular weight excluding hydrogens is 392 g/mol. The molecule has 3 N–H and O–H groups in total. The second-order valence-corrected chi connectivity index (χ2v) is 7.26. The number of ether oxygens (including phenoxy) is 1. The van der Waals surface area contributed by atoms with Gasteiger partial charge < -0.3 is 15.8 Å². The van der Waals surface area contributed by atoms with E-state index in [1.54, 1.807) is 13.3 Å². The minimum atomic E-state index is -0.295. The fraction of sp³-hybridized carbons (Fsp3) is 0.217. The summed E-state index contributed by atoms with van der Waals surface area (Å²) in [6.45, 7) is 3.94. The van der Waals surface area contributed by atoms with Crippen molar-refractivity contribution in [1.82, 2.24) is 20.0 Å². The molecular formula is C23H24N6O2. The van der Waals surface area contributed by atoms with Gasteiger partial charge in [0.15, 0.2) is 5.65 Å². The smallest absolute Gasteiger partial charge is 0.257 e. The van der Waals surface area contributed by atoms with Crippen LogP contribution >= 0.6 is 0 Å². The van der Waals surface area contributed by atoms with Crippen molar-refractivity contribution in [1.29, 1.82) is 0 Å². The van der Waals surface area contributed by atoms with Crippen molar-refractivity contribution < 1.29 is 9.53 Å². The van der Waals surface area contributed by atoms with Crippen LogP contribution in [0.3, 0.4) is 0 Å².